The van der Waals surface area contributed by atoms with Crippen LogP contribution in [0.2, 0.25) is 0 Å². The Labute approximate surface area is 589 Å². The fraction of sp³-hybridized carbons (Fsp3) is 0.250. The molecule has 0 spiro atoms. The highest BCUT2D eigenvalue weighted by Gasteiger charge is 2.33. The lowest BCUT2D eigenvalue weighted by atomic mass is 10.0. The standard InChI is InChI=1S/C26H27F3N4O5.C26H29F3N4O3.C20H13F4N3O3/c1-37-12-10-32(11-13-38-2)21-6-7-24(33(35)36)22(16-21)23-15-19(8-9-30-23)25(34)31-17-18-4-3-5-20(14-18)26(27,28)29;1-35-12-10-33(11-13-36-2)21-6-7-23(30)22(16-21)24-15-19(8-9-31-24)25(34)32-17-18-4-3-5-20(14-18)26(27,28)29;21-15-4-5-18(27(29)30)16(10-15)17-9-13(6-7-25-17)19(28)26-11-12-2-1-3-14(8-12)20(22,23)24/h3-9,14-16H,10-13,17H2,1-2H3,(H,31,34);3-9,14-16H,10-13,17,30H2,1-2H3,(H,32,34);1-10H,11H2,(H,26,28). The number of carbonyl (C=O) groups excluding carboxylic acids is 3. The zero-order chi connectivity index (χ0) is 75.7. The van der Waals surface area contributed by atoms with Crippen LogP contribution in [0.1, 0.15) is 64.5 Å². The van der Waals surface area contributed by atoms with Crippen LogP contribution in [-0.2, 0) is 57.1 Å². The number of aromatic nitrogens is 3. The van der Waals surface area contributed by atoms with Crippen LogP contribution in [0.4, 0.5) is 72.3 Å². The van der Waals surface area contributed by atoms with Gasteiger partial charge in [-0.2, -0.15) is 39.5 Å². The average Bonchev–Trinajstić information content (AvgIpc) is 0.815. The second-order valence-electron chi connectivity index (χ2n) is 22.5. The fourth-order valence-electron chi connectivity index (χ4n) is 10.0. The zero-order valence-corrected chi connectivity index (χ0v) is 56.1. The number of ether oxygens (including phenoxy) is 4. The number of hydrogen-bond donors (Lipinski definition) is 4. The van der Waals surface area contributed by atoms with Crippen molar-refractivity contribution in [2.24, 2.45) is 0 Å². The van der Waals surface area contributed by atoms with Crippen molar-refractivity contribution in [1.82, 2.24) is 30.9 Å². The number of pyridine rings is 3. The van der Waals surface area contributed by atoms with Gasteiger partial charge in [0.15, 0.2) is 0 Å². The average molecular weight is 1450 g/mol. The van der Waals surface area contributed by atoms with Gasteiger partial charge in [0.05, 0.1) is 81.2 Å². The number of hydrogen-bond acceptors (Lipinski definition) is 17. The van der Waals surface area contributed by atoms with E-state index in [1.54, 1.807) is 52.7 Å². The Morgan fingerprint density at radius 1 is 0.433 bits per heavy atom. The normalized spacial score (nSPS) is 11.3. The van der Waals surface area contributed by atoms with Crippen LogP contribution >= 0.6 is 0 Å². The minimum atomic E-state index is -4.50. The molecule has 0 bridgehead atoms. The highest BCUT2D eigenvalue weighted by Crippen LogP contribution is 2.36. The Bertz CT molecular complexity index is 4420. The Morgan fingerprint density at radius 2 is 0.750 bits per heavy atom. The predicted molar refractivity (Wildman–Crippen MR) is 366 cm³/mol. The molecule has 6 aromatic carbocycles. The highest BCUT2D eigenvalue weighted by molar-refractivity contribution is 5.97. The summed E-state index contributed by atoms with van der Waals surface area (Å²) in [5, 5.41) is 30.7. The van der Waals surface area contributed by atoms with Crippen molar-refractivity contribution < 1.29 is 87.1 Å². The Hall–Kier alpha value is -11.5. The van der Waals surface area contributed by atoms with Crippen LogP contribution in [0, 0.1) is 26.0 Å². The number of nitrogens with one attached hydrogen (secondary N) is 3. The largest absolute Gasteiger partial charge is 0.416 e. The van der Waals surface area contributed by atoms with Gasteiger partial charge >= 0.3 is 18.5 Å². The number of halogens is 10. The fourth-order valence-corrected chi connectivity index (χ4v) is 10.0. The van der Waals surface area contributed by atoms with Crippen molar-refractivity contribution in [3.63, 3.8) is 0 Å². The molecule has 9 rings (SSSR count). The first-order valence-electron chi connectivity index (χ1n) is 31.3. The van der Waals surface area contributed by atoms with Gasteiger partial charge in [-0.25, -0.2) is 4.39 Å². The zero-order valence-electron chi connectivity index (χ0n) is 56.1. The molecule has 0 fully saturated rings. The molecule has 22 nitrogen and oxygen atoms in total. The summed E-state index contributed by atoms with van der Waals surface area (Å²) >= 11 is 0. The lowest BCUT2D eigenvalue weighted by Crippen LogP contribution is -2.30. The number of nitrogen functional groups attached to an aromatic ring is 1. The number of methoxy groups -OCH3 is 4. The molecular weight excluding hydrogens is 1380 g/mol. The Morgan fingerprint density at radius 3 is 1.09 bits per heavy atom. The van der Waals surface area contributed by atoms with Crippen LogP contribution in [0.15, 0.2) is 182 Å². The molecule has 3 amide bonds. The van der Waals surface area contributed by atoms with Crippen LogP contribution in [0.25, 0.3) is 33.8 Å². The first-order valence-corrected chi connectivity index (χ1v) is 31.3. The molecule has 0 aliphatic heterocycles. The summed E-state index contributed by atoms with van der Waals surface area (Å²) in [7, 11) is 6.42. The smallest absolute Gasteiger partial charge is 0.398 e. The minimum Gasteiger partial charge on any atom is -0.398 e. The summed E-state index contributed by atoms with van der Waals surface area (Å²) in [5.41, 5.74) is 8.16. The lowest BCUT2D eigenvalue weighted by molar-refractivity contribution is -0.384. The third-order valence-corrected chi connectivity index (χ3v) is 15.4. The van der Waals surface area contributed by atoms with E-state index in [1.807, 2.05) is 17.0 Å². The molecule has 3 heterocycles. The predicted octanol–water partition coefficient (Wildman–Crippen LogP) is 13.8. The molecular formula is C72H69F10N11O11. The number of carbonyl (C=O) groups is 3. The number of anilines is 3. The van der Waals surface area contributed by atoms with Gasteiger partial charge in [-0.3, -0.25) is 49.6 Å². The maximum Gasteiger partial charge on any atom is 0.416 e. The molecule has 32 heteroatoms. The van der Waals surface area contributed by atoms with E-state index in [2.05, 4.69) is 35.8 Å². The van der Waals surface area contributed by atoms with E-state index in [9.17, 15) is 78.5 Å². The van der Waals surface area contributed by atoms with Crippen molar-refractivity contribution in [3.8, 4) is 33.8 Å². The van der Waals surface area contributed by atoms with Crippen molar-refractivity contribution in [1.29, 1.82) is 0 Å². The molecule has 5 N–H and O–H groups in total. The molecule has 9 aromatic rings. The number of amides is 3. The van der Waals surface area contributed by atoms with Crippen LogP contribution in [-0.4, -0.2) is 124 Å². The first kappa shape index (κ1) is 79.8. The van der Waals surface area contributed by atoms with Gasteiger partial charge in [-0.15, -0.1) is 0 Å². The number of nitrogens with two attached hydrogens (primary N) is 1. The van der Waals surface area contributed by atoms with Crippen LogP contribution in [0.3, 0.4) is 0 Å². The van der Waals surface area contributed by atoms with Gasteiger partial charge in [0, 0.05) is 144 Å². The summed E-state index contributed by atoms with van der Waals surface area (Å²) in [6.45, 7) is 3.89. The molecule has 0 saturated heterocycles. The highest BCUT2D eigenvalue weighted by atomic mass is 19.4. The second-order valence-corrected chi connectivity index (χ2v) is 22.5. The second kappa shape index (κ2) is 37.4. The molecule has 0 saturated carbocycles. The summed E-state index contributed by atoms with van der Waals surface area (Å²) in [5.74, 6) is -2.34. The lowest BCUT2D eigenvalue weighted by Gasteiger charge is -2.25. The van der Waals surface area contributed by atoms with E-state index in [-0.39, 0.29) is 75.8 Å². The number of alkyl halides is 9. The number of rotatable bonds is 28. The molecule has 3 aromatic heterocycles. The van der Waals surface area contributed by atoms with E-state index in [4.69, 9.17) is 24.7 Å². The number of nitrogens with zero attached hydrogens (tertiary/aromatic N) is 7. The third kappa shape index (κ3) is 23.3. The Kier molecular flexibility index (Phi) is 28.7. The SMILES string of the molecule is COCCN(CCOC)c1ccc(N)c(-c2cc(C(=O)NCc3cccc(C(F)(F)F)c3)ccn2)c1.COCCN(CCOC)c1ccc([N+](=O)[O-])c(-c2cc(C(=O)NCc3cccc(C(F)(F)F)c3)ccn2)c1.O=C(NCc1cccc(C(F)(F)F)c1)c1ccnc(-c2cc(F)ccc2[N+](=O)[O-])c1. The quantitative estimate of drug-likeness (QED) is 0.0153. The van der Waals surface area contributed by atoms with Gasteiger partial charge in [0.1, 0.15) is 5.82 Å². The van der Waals surface area contributed by atoms with E-state index in [1.165, 1.54) is 91.4 Å². The van der Waals surface area contributed by atoms with Crippen LogP contribution in [0.5, 0.6) is 0 Å². The van der Waals surface area contributed by atoms with Crippen molar-refractivity contribution in [2.45, 2.75) is 38.2 Å². The summed E-state index contributed by atoms with van der Waals surface area (Å²) in [6, 6.07) is 35.6. The number of nitro groups is 2. The topological polar surface area (TPSA) is 282 Å². The number of nitro benzene ring substituents is 2. The van der Waals surface area contributed by atoms with Gasteiger partial charge < -0.3 is 50.4 Å². The van der Waals surface area contributed by atoms with Gasteiger partial charge in [0.25, 0.3) is 29.1 Å². The van der Waals surface area contributed by atoms with E-state index in [0.29, 0.717) is 86.4 Å². The maximum absolute atomic E-state index is 13.6. The van der Waals surface area contributed by atoms with Gasteiger partial charge in [-0.05, 0) is 132 Å². The van der Waals surface area contributed by atoms with Gasteiger partial charge in [0.2, 0.25) is 0 Å². The maximum atomic E-state index is 13.6. The molecule has 0 radical (unpaired) electrons. The first-order chi connectivity index (χ1) is 49.5. The van der Waals surface area contributed by atoms with Crippen molar-refractivity contribution in [2.75, 3.05) is 96.6 Å². The molecule has 0 unspecified atom stereocenters. The molecule has 0 atom stereocenters. The van der Waals surface area contributed by atoms with E-state index < -0.39 is 68.6 Å². The molecule has 0 aliphatic carbocycles. The van der Waals surface area contributed by atoms with Gasteiger partial charge in [-0.1, -0.05) is 36.4 Å². The molecule has 0 aliphatic rings. The third-order valence-electron chi connectivity index (χ3n) is 15.4. The van der Waals surface area contributed by atoms with Crippen molar-refractivity contribution >= 4 is 46.2 Å². The summed E-state index contributed by atoms with van der Waals surface area (Å²) in [6.07, 6.45) is -9.38. The van der Waals surface area contributed by atoms with Crippen molar-refractivity contribution in [3.05, 3.63) is 258 Å². The molecule has 548 valence electrons. The van der Waals surface area contributed by atoms with E-state index >= 15 is 0 Å². The summed E-state index contributed by atoms with van der Waals surface area (Å²) in [4.78, 5) is 76.3. The molecule has 104 heavy (non-hydrogen) atoms. The monoisotopic (exact) mass is 1450 g/mol. The summed E-state index contributed by atoms with van der Waals surface area (Å²) < 4.78 is 150. The number of benzene rings is 6. The van der Waals surface area contributed by atoms with Crippen LogP contribution < -0.4 is 31.5 Å². The van der Waals surface area contributed by atoms with E-state index in [0.717, 1.165) is 60.3 Å². The minimum absolute atomic E-state index is 0.00733. The Balaban J connectivity index is 0.000000220.